The van der Waals surface area contributed by atoms with E-state index < -0.39 is 6.10 Å². The second-order valence-corrected chi connectivity index (χ2v) is 3.79. The van der Waals surface area contributed by atoms with Crippen molar-refractivity contribution in [1.29, 1.82) is 0 Å². The van der Waals surface area contributed by atoms with Crippen molar-refractivity contribution >= 4 is 29.9 Å². The zero-order chi connectivity index (χ0) is 12.1. The first-order valence-corrected chi connectivity index (χ1v) is 5.17. The molecule has 6 heteroatoms. The molecule has 2 N–H and O–H groups in total. The molecule has 0 fully saturated rings. The summed E-state index contributed by atoms with van der Waals surface area (Å²) in [7, 11) is 5.48. The predicted octanol–water partition coefficient (Wildman–Crippen LogP) is 1.38. The van der Waals surface area contributed by atoms with E-state index in [1.54, 1.807) is 13.1 Å². The van der Waals surface area contributed by atoms with Crippen LogP contribution >= 0.6 is 24.0 Å². The number of guanidine groups is 1. The summed E-state index contributed by atoms with van der Waals surface area (Å²) in [5.41, 5.74) is 0. The van der Waals surface area contributed by atoms with Crippen LogP contribution in [0.15, 0.2) is 21.5 Å². The molecule has 5 nitrogen and oxygen atoms in total. The second-order valence-electron chi connectivity index (χ2n) is 3.79. The molecule has 0 saturated heterocycles. The van der Waals surface area contributed by atoms with Crippen LogP contribution in [0.3, 0.4) is 0 Å². The maximum atomic E-state index is 9.83. The smallest absolute Gasteiger partial charge is 0.193 e. The van der Waals surface area contributed by atoms with E-state index in [1.165, 1.54) is 0 Å². The van der Waals surface area contributed by atoms with Crippen LogP contribution in [-0.4, -0.2) is 43.7 Å². The second kappa shape index (κ2) is 7.54. The third-order valence-corrected chi connectivity index (χ3v) is 2.18. The Kier molecular flexibility index (Phi) is 7.21. The molecule has 1 unspecified atom stereocenters. The summed E-state index contributed by atoms with van der Waals surface area (Å²) < 4.78 is 5.33. The summed E-state index contributed by atoms with van der Waals surface area (Å²) in [4.78, 5) is 5.90. The molecule has 0 aliphatic carbocycles. The number of hydrogen-bond donors (Lipinski definition) is 2. The average Bonchev–Trinajstić information content (AvgIpc) is 2.65. The predicted molar refractivity (Wildman–Crippen MR) is 78.9 cm³/mol. The quantitative estimate of drug-likeness (QED) is 0.490. The molecule has 0 amide bonds. The van der Waals surface area contributed by atoms with Gasteiger partial charge in [0, 0.05) is 21.1 Å². The van der Waals surface area contributed by atoms with Crippen LogP contribution in [0.1, 0.15) is 17.6 Å². The van der Waals surface area contributed by atoms with Gasteiger partial charge >= 0.3 is 0 Å². The van der Waals surface area contributed by atoms with E-state index >= 15 is 0 Å². The number of aryl methyl sites for hydroxylation is 1. The molecule has 17 heavy (non-hydrogen) atoms. The third-order valence-electron chi connectivity index (χ3n) is 2.18. The summed E-state index contributed by atoms with van der Waals surface area (Å²) in [6.45, 7) is 2.22. The minimum Gasteiger partial charge on any atom is -0.464 e. The molecule has 1 aromatic heterocycles. The molecule has 0 saturated carbocycles. The largest absolute Gasteiger partial charge is 0.464 e. The van der Waals surface area contributed by atoms with Crippen molar-refractivity contribution in [1.82, 2.24) is 10.2 Å². The fraction of sp³-hybridized carbons (Fsp3) is 0.545. The highest BCUT2D eigenvalue weighted by molar-refractivity contribution is 14.0. The molecule has 1 atom stereocenters. The highest BCUT2D eigenvalue weighted by atomic mass is 127. The molecule has 1 rings (SSSR count). The molecule has 0 aromatic carbocycles. The van der Waals surface area contributed by atoms with Crippen molar-refractivity contribution in [3.05, 3.63) is 23.7 Å². The Balaban J connectivity index is 0.00000256. The van der Waals surface area contributed by atoms with Gasteiger partial charge in [-0.25, -0.2) is 0 Å². The Labute approximate surface area is 119 Å². The summed E-state index contributed by atoms with van der Waals surface area (Å²) in [6.07, 6.45) is -0.662. The van der Waals surface area contributed by atoms with Crippen LogP contribution in [0.25, 0.3) is 0 Å². The van der Waals surface area contributed by atoms with Gasteiger partial charge in [0.2, 0.25) is 0 Å². The molecular weight excluding hydrogens is 333 g/mol. The van der Waals surface area contributed by atoms with Crippen LogP contribution in [-0.2, 0) is 0 Å². The number of aliphatic imine (C=N–C) groups is 1. The monoisotopic (exact) mass is 353 g/mol. The Morgan fingerprint density at radius 1 is 1.53 bits per heavy atom. The van der Waals surface area contributed by atoms with Gasteiger partial charge in [0.05, 0.1) is 6.54 Å². The van der Waals surface area contributed by atoms with E-state index in [1.807, 2.05) is 32.0 Å². The summed E-state index contributed by atoms with van der Waals surface area (Å²) >= 11 is 0. The van der Waals surface area contributed by atoms with Gasteiger partial charge in [-0.3, -0.25) is 4.99 Å². The SMILES string of the molecule is CN=C(NCC(O)c1ccc(C)o1)N(C)C.I. The highest BCUT2D eigenvalue weighted by Gasteiger charge is 2.12. The lowest BCUT2D eigenvalue weighted by atomic mass is 10.3. The molecule has 0 bridgehead atoms. The minimum atomic E-state index is -0.662. The Bertz CT molecular complexity index is 363. The zero-order valence-electron chi connectivity index (χ0n) is 10.6. The van der Waals surface area contributed by atoms with Crippen LogP contribution < -0.4 is 5.32 Å². The van der Waals surface area contributed by atoms with E-state index in [4.69, 9.17) is 4.42 Å². The fourth-order valence-electron chi connectivity index (χ4n) is 1.36. The number of hydrogen-bond acceptors (Lipinski definition) is 3. The molecule has 0 aliphatic rings. The summed E-state index contributed by atoms with van der Waals surface area (Å²) in [5, 5.41) is 12.9. The molecule has 1 heterocycles. The number of nitrogens with zero attached hydrogens (tertiary/aromatic N) is 2. The van der Waals surface area contributed by atoms with Crippen molar-refractivity contribution in [2.75, 3.05) is 27.7 Å². The first-order chi connectivity index (χ1) is 7.54. The molecule has 0 aliphatic heterocycles. The number of nitrogens with one attached hydrogen (secondary N) is 1. The van der Waals surface area contributed by atoms with Crippen LogP contribution in [0.4, 0.5) is 0 Å². The normalized spacial score (nSPS) is 12.9. The number of furan rings is 1. The highest BCUT2D eigenvalue weighted by Crippen LogP contribution is 2.14. The van der Waals surface area contributed by atoms with Crippen molar-refractivity contribution in [3.63, 3.8) is 0 Å². The van der Waals surface area contributed by atoms with Crippen molar-refractivity contribution in [2.45, 2.75) is 13.0 Å². The Morgan fingerprint density at radius 2 is 2.18 bits per heavy atom. The topological polar surface area (TPSA) is 61.0 Å². The number of aliphatic hydroxyl groups excluding tert-OH is 1. The molecule has 1 aromatic rings. The van der Waals surface area contributed by atoms with Crippen LogP contribution in [0, 0.1) is 6.92 Å². The van der Waals surface area contributed by atoms with E-state index in [0.717, 1.165) is 11.7 Å². The van der Waals surface area contributed by atoms with Gasteiger partial charge in [0.25, 0.3) is 0 Å². The number of halogens is 1. The summed E-state index contributed by atoms with van der Waals surface area (Å²) in [5.74, 6) is 2.09. The van der Waals surface area contributed by atoms with Gasteiger partial charge in [-0.05, 0) is 19.1 Å². The van der Waals surface area contributed by atoms with E-state index in [9.17, 15) is 5.11 Å². The molecule has 0 spiro atoms. The van der Waals surface area contributed by atoms with Crippen LogP contribution in [0.2, 0.25) is 0 Å². The Hall–Kier alpha value is -0.760. The Morgan fingerprint density at radius 3 is 2.59 bits per heavy atom. The van der Waals surface area contributed by atoms with E-state index in [2.05, 4.69) is 10.3 Å². The first-order valence-electron chi connectivity index (χ1n) is 5.17. The van der Waals surface area contributed by atoms with Crippen molar-refractivity contribution in [2.24, 2.45) is 4.99 Å². The fourth-order valence-corrected chi connectivity index (χ4v) is 1.36. The van der Waals surface area contributed by atoms with Gasteiger partial charge in [0.15, 0.2) is 5.96 Å². The van der Waals surface area contributed by atoms with Gasteiger partial charge in [-0.2, -0.15) is 0 Å². The minimum absolute atomic E-state index is 0. The van der Waals surface area contributed by atoms with E-state index in [0.29, 0.717) is 12.3 Å². The zero-order valence-corrected chi connectivity index (χ0v) is 12.9. The number of rotatable bonds is 3. The summed E-state index contributed by atoms with van der Waals surface area (Å²) in [6, 6.07) is 3.61. The average molecular weight is 353 g/mol. The maximum Gasteiger partial charge on any atom is 0.193 e. The van der Waals surface area contributed by atoms with Gasteiger partial charge < -0.3 is 19.7 Å². The van der Waals surface area contributed by atoms with Gasteiger partial charge in [0.1, 0.15) is 17.6 Å². The lowest BCUT2D eigenvalue weighted by molar-refractivity contribution is 0.151. The van der Waals surface area contributed by atoms with Gasteiger partial charge in [-0.15, -0.1) is 24.0 Å². The van der Waals surface area contributed by atoms with Crippen molar-refractivity contribution < 1.29 is 9.52 Å². The molecule has 98 valence electrons. The van der Waals surface area contributed by atoms with Crippen molar-refractivity contribution in [3.8, 4) is 0 Å². The van der Waals surface area contributed by atoms with Crippen LogP contribution in [0.5, 0.6) is 0 Å². The van der Waals surface area contributed by atoms with E-state index in [-0.39, 0.29) is 24.0 Å². The standard InChI is InChI=1S/C11H19N3O2.HI/c1-8-5-6-10(16-8)9(15)7-13-11(12-2)14(3)4;/h5-6,9,15H,7H2,1-4H3,(H,12,13);1H. The first kappa shape index (κ1) is 16.2. The number of aliphatic hydroxyl groups is 1. The maximum absolute atomic E-state index is 9.83. The lowest BCUT2D eigenvalue weighted by Gasteiger charge is -2.18. The van der Waals surface area contributed by atoms with Gasteiger partial charge in [-0.1, -0.05) is 0 Å². The lowest BCUT2D eigenvalue weighted by Crippen LogP contribution is -2.38. The molecule has 0 radical (unpaired) electrons. The third kappa shape index (κ3) is 4.95. The molecular formula is C11H20IN3O2.